The molecule has 0 spiro atoms. The van der Waals surface area contributed by atoms with E-state index in [2.05, 4.69) is 14.9 Å². The van der Waals surface area contributed by atoms with Crippen LogP contribution in [-0.4, -0.2) is 50.9 Å². The Morgan fingerprint density at radius 2 is 1.74 bits per heavy atom. The normalized spacial score (nSPS) is 16.7. The number of nitrogens with one attached hydrogen (secondary N) is 2. The first-order chi connectivity index (χ1) is 14.7. The van der Waals surface area contributed by atoms with Crippen molar-refractivity contribution in [2.45, 2.75) is 43.2 Å². The topological polar surface area (TPSA) is 78.5 Å². The molecule has 0 aliphatic carbocycles. The van der Waals surface area contributed by atoms with Gasteiger partial charge in [-0.15, -0.1) is 0 Å². The average Bonchev–Trinajstić information content (AvgIpc) is 2.75. The predicted octanol–water partition coefficient (Wildman–Crippen LogP) is 2.97. The lowest BCUT2D eigenvalue weighted by Gasteiger charge is -2.35. The standard InChI is InChI=1S/C22H27ClFN3O3S/c1-16(22(28)25-13-10-17-2-6-19(24)7-3-17)27-14-11-20(12-15-27)26-31(29,30)21-8-4-18(23)5-9-21/h2-9,16,20,26H,10-15H2,1H3,(H,25,28). The van der Waals surface area contributed by atoms with Gasteiger partial charge in [-0.1, -0.05) is 23.7 Å². The maximum Gasteiger partial charge on any atom is 0.240 e. The molecular formula is C22H27ClFN3O3S. The second-order valence-corrected chi connectivity index (χ2v) is 9.88. The fourth-order valence-corrected chi connectivity index (χ4v) is 5.03. The zero-order valence-corrected chi connectivity index (χ0v) is 18.9. The van der Waals surface area contributed by atoms with E-state index in [0.717, 1.165) is 5.56 Å². The Morgan fingerprint density at radius 1 is 1.13 bits per heavy atom. The van der Waals surface area contributed by atoms with Crippen LogP contribution < -0.4 is 10.0 Å². The molecule has 0 aromatic heterocycles. The largest absolute Gasteiger partial charge is 0.354 e. The summed E-state index contributed by atoms with van der Waals surface area (Å²) in [7, 11) is -3.60. The number of rotatable bonds is 8. The summed E-state index contributed by atoms with van der Waals surface area (Å²) >= 11 is 5.83. The summed E-state index contributed by atoms with van der Waals surface area (Å²) in [5.74, 6) is -0.345. The minimum absolute atomic E-state index is 0.0673. The number of likely N-dealkylation sites (tertiary alicyclic amines) is 1. The van der Waals surface area contributed by atoms with Crippen LogP contribution in [0.1, 0.15) is 25.3 Å². The summed E-state index contributed by atoms with van der Waals surface area (Å²) in [4.78, 5) is 14.7. The second kappa shape index (κ2) is 10.5. The van der Waals surface area contributed by atoms with E-state index in [1.165, 1.54) is 24.3 Å². The molecule has 1 atom stereocenters. The van der Waals surface area contributed by atoms with Crippen LogP contribution in [0.4, 0.5) is 4.39 Å². The molecule has 168 valence electrons. The zero-order chi connectivity index (χ0) is 22.4. The van der Waals surface area contributed by atoms with Crippen molar-refractivity contribution in [3.63, 3.8) is 0 Å². The van der Waals surface area contributed by atoms with E-state index in [4.69, 9.17) is 11.6 Å². The molecule has 0 radical (unpaired) electrons. The summed E-state index contributed by atoms with van der Waals surface area (Å²) in [5, 5.41) is 3.41. The van der Waals surface area contributed by atoms with Gasteiger partial charge < -0.3 is 5.32 Å². The van der Waals surface area contributed by atoms with Crippen molar-refractivity contribution in [3.05, 3.63) is 64.9 Å². The number of carbonyl (C=O) groups excluding carboxylic acids is 1. The van der Waals surface area contributed by atoms with Crippen LogP contribution in [0.5, 0.6) is 0 Å². The van der Waals surface area contributed by atoms with Gasteiger partial charge in [0.2, 0.25) is 15.9 Å². The highest BCUT2D eigenvalue weighted by atomic mass is 35.5. The van der Waals surface area contributed by atoms with Gasteiger partial charge in [0.05, 0.1) is 10.9 Å². The van der Waals surface area contributed by atoms with E-state index < -0.39 is 10.0 Å². The van der Waals surface area contributed by atoms with Crippen LogP contribution in [0.25, 0.3) is 0 Å². The first-order valence-corrected chi connectivity index (χ1v) is 12.1. The Labute approximate surface area is 187 Å². The molecule has 1 amide bonds. The lowest BCUT2D eigenvalue weighted by molar-refractivity contribution is -0.126. The van der Waals surface area contributed by atoms with Crippen molar-refractivity contribution in [1.82, 2.24) is 14.9 Å². The molecule has 1 unspecified atom stereocenters. The van der Waals surface area contributed by atoms with E-state index >= 15 is 0 Å². The van der Waals surface area contributed by atoms with Crippen molar-refractivity contribution in [3.8, 4) is 0 Å². The van der Waals surface area contributed by atoms with Crippen LogP contribution in [0.2, 0.25) is 5.02 Å². The Bertz CT molecular complexity index is 976. The van der Waals surface area contributed by atoms with E-state index in [9.17, 15) is 17.6 Å². The molecule has 1 aliphatic heterocycles. The number of halogens is 2. The molecule has 31 heavy (non-hydrogen) atoms. The number of carbonyl (C=O) groups is 1. The Hall–Kier alpha value is -2.00. The van der Waals surface area contributed by atoms with Crippen molar-refractivity contribution in [2.75, 3.05) is 19.6 Å². The number of hydrogen-bond donors (Lipinski definition) is 2. The van der Waals surface area contributed by atoms with Crippen molar-refractivity contribution < 1.29 is 17.6 Å². The predicted molar refractivity (Wildman–Crippen MR) is 119 cm³/mol. The van der Waals surface area contributed by atoms with Crippen LogP contribution >= 0.6 is 11.6 Å². The Kier molecular flexibility index (Phi) is 8.05. The van der Waals surface area contributed by atoms with Gasteiger partial charge in [-0.2, -0.15) is 0 Å². The highest BCUT2D eigenvalue weighted by Crippen LogP contribution is 2.18. The zero-order valence-electron chi connectivity index (χ0n) is 17.4. The van der Waals surface area contributed by atoms with Gasteiger partial charge >= 0.3 is 0 Å². The minimum Gasteiger partial charge on any atom is -0.354 e. The SMILES string of the molecule is CC(C(=O)NCCc1ccc(F)cc1)N1CCC(NS(=O)(=O)c2ccc(Cl)cc2)CC1. The molecule has 3 rings (SSSR count). The van der Waals surface area contributed by atoms with Crippen LogP contribution in [0.3, 0.4) is 0 Å². The molecule has 2 aromatic rings. The van der Waals surface area contributed by atoms with Gasteiger partial charge in [-0.05, 0) is 68.1 Å². The summed E-state index contributed by atoms with van der Waals surface area (Å²) in [6, 6.07) is 11.8. The van der Waals surface area contributed by atoms with Crippen LogP contribution in [-0.2, 0) is 21.2 Å². The molecule has 2 aromatic carbocycles. The van der Waals surface area contributed by atoms with Gasteiger partial charge in [-0.25, -0.2) is 17.5 Å². The van der Waals surface area contributed by atoms with Gasteiger partial charge in [0.1, 0.15) is 5.82 Å². The molecular weight excluding hydrogens is 441 g/mol. The molecule has 1 fully saturated rings. The first-order valence-electron chi connectivity index (χ1n) is 10.3. The highest BCUT2D eigenvalue weighted by molar-refractivity contribution is 7.89. The van der Waals surface area contributed by atoms with E-state index in [1.807, 2.05) is 6.92 Å². The van der Waals surface area contributed by atoms with Gasteiger partial charge in [-0.3, -0.25) is 9.69 Å². The number of piperidine rings is 1. The third-order valence-corrected chi connectivity index (χ3v) is 7.32. The van der Waals surface area contributed by atoms with Crippen LogP contribution in [0, 0.1) is 5.82 Å². The number of sulfonamides is 1. The molecule has 2 N–H and O–H groups in total. The smallest absolute Gasteiger partial charge is 0.240 e. The third-order valence-electron chi connectivity index (χ3n) is 5.53. The van der Waals surface area contributed by atoms with Crippen LogP contribution in [0.15, 0.2) is 53.4 Å². The fourth-order valence-electron chi connectivity index (χ4n) is 3.60. The molecule has 0 saturated carbocycles. The van der Waals surface area contributed by atoms with Crippen molar-refractivity contribution in [1.29, 1.82) is 0 Å². The summed E-state index contributed by atoms with van der Waals surface area (Å²) in [5.41, 5.74) is 0.961. The summed E-state index contributed by atoms with van der Waals surface area (Å²) < 4.78 is 40.8. The maximum absolute atomic E-state index is 13.0. The quantitative estimate of drug-likeness (QED) is 0.625. The van der Waals surface area contributed by atoms with Crippen molar-refractivity contribution in [2.24, 2.45) is 0 Å². The minimum atomic E-state index is -3.60. The van der Waals surface area contributed by atoms with E-state index in [-0.39, 0.29) is 28.7 Å². The molecule has 0 bridgehead atoms. The van der Waals surface area contributed by atoms with Gasteiger partial charge in [0.25, 0.3) is 0 Å². The fraction of sp³-hybridized carbons (Fsp3) is 0.409. The molecule has 6 nitrogen and oxygen atoms in total. The molecule has 1 saturated heterocycles. The third kappa shape index (κ3) is 6.74. The average molecular weight is 468 g/mol. The number of nitrogens with zero attached hydrogens (tertiary/aromatic N) is 1. The molecule has 1 heterocycles. The molecule has 9 heteroatoms. The second-order valence-electron chi connectivity index (χ2n) is 7.73. The number of amides is 1. The number of hydrogen-bond acceptors (Lipinski definition) is 4. The Morgan fingerprint density at radius 3 is 2.35 bits per heavy atom. The Balaban J connectivity index is 1.43. The highest BCUT2D eigenvalue weighted by Gasteiger charge is 2.29. The molecule has 1 aliphatic rings. The van der Waals surface area contributed by atoms with Gasteiger partial charge in [0, 0.05) is 30.7 Å². The van der Waals surface area contributed by atoms with Gasteiger partial charge in [0.15, 0.2) is 0 Å². The monoisotopic (exact) mass is 467 g/mol. The van der Waals surface area contributed by atoms with Crippen molar-refractivity contribution >= 4 is 27.5 Å². The van der Waals surface area contributed by atoms with E-state index in [1.54, 1.807) is 24.3 Å². The maximum atomic E-state index is 13.0. The summed E-state index contributed by atoms with van der Waals surface area (Å²) in [6.07, 6.45) is 1.88. The van der Waals surface area contributed by atoms with E-state index in [0.29, 0.717) is 43.9 Å². The summed E-state index contributed by atoms with van der Waals surface area (Å²) in [6.45, 7) is 3.58. The lowest BCUT2D eigenvalue weighted by Crippen LogP contribution is -2.51. The number of benzene rings is 2. The lowest BCUT2D eigenvalue weighted by atomic mass is 10.0. The first kappa shape index (κ1) is 23.7.